The maximum Gasteiger partial charge on any atom is 0.302 e. The monoisotopic (exact) mass is 347 g/mol. The predicted molar refractivity (Wildman–Crippen MR) is 76.4 cm³/mol. The van der Waals surface area contributed by atoms with Crippen LogP contribution in [0.2, 0.25) is 0 Å². The van der Waals surface area contributed by atoms with Crippen molar-refractivity contribution in [1.82, 2.24) is 0 Å². The first kappa shape index (κ1) is 20.3. The lowest BCUT2D eigenvalue weighted by molar-refractivity contribution is -0.335. The predicted octanol–water partition coefficient (Wildman–Crippen LogP) is -2.81. The van der Waals surface area contributed by atoms with Crippen molar-refractivity contribution in [1.29, 1.82) is 0 Å². The van der Waals surface area contributed by atoms with Crippen LogP contribution in [0.25, 0.3) is 0 Å². The van der Waals surface area contributed by atoms with Gasteiger partial charge in [0.1, 0.15) is 18.8 Å². The average molecular weight is 347 g/mol. The molecular weight excluding hydrogens is 326 g/mol. The number of carbonyl (C=O) groups excluding carboxylic acids is 4. The Labute approximate surface area is 137 Å². The highest BCUT2D eigenvalue weighted by molar-refractivity contribution is 6.00. The van der Waals surface area contributed by atoms with E-state index in [1.807, 2.05) is 0 Å². The fourth-order valence-electron chi connectivity index (χ4n) is 2.77. The number of esters is 1. The molecule has 0 aromatic heterocycles. The maximum absolute atomic E-state index is 12.0. The number of nitrogens with two attached hydrogens (primary N) is 1. The molecule has 0 spiro atoms. The zero-order chi connectivity index (χ0) is 19.1. The van der Waals surface area contributed by atoms with E-state index in [0.717, 1.165) is 27.7 Å². The molecule has 0 radical (unpaired) electrons. The quantitative estimate of drug-likeness (QED) is 0.380. The van der Waals surface area contributed by atoms with E-state index in [1.165, 1.54) is 0 Å². The van der Waals surface area contributed by atoms with Crippen molar-refractivity contribution in [3.05, 3.63) is 0 Å². The lowest BCUT2D eigenvalue weighted by Gasteiger charge is -2.55. The molecule has 1 heterocycles. The normalized spacial score (nSPS) is 39.2. The first-order valence-corrected chi connectivity index (χ1v) is 7.03. The molecule has 1 saturated heterocycles. The van der Waals surface area contributed by atoms with E-state index in [2.05, 4.69) is 4.74 Å². The topological polar surface area (TPSA) is 173 Å². The van der Waals surface area contributed by atoms with Gasteiger partial charge in [0.15, 0.2) is 28.6 Å². The van der Waals surface area contributed by atoms with Crippen LogP contribution >= 0.6 is 0 Å². The summed E-state index contributed by atoms with van der Waals surface area (Å²) in [6, 6.07) is -2.16. The first-order valence-electron chi connectivity index (χ1n) is 7.03. The summed E-state index contributed by atoms with van der Waals surface area (Å²) in [5.74, 6) is -7.08. The lowest BCUT2D eigenvalue weighted by Crippen LogP contribution is -2.85. The molecule has 1 aliphatic heterocycles. The Morgan fingerprint density at radius 1 is 0.958 bits per heavy atom. The van der Waals surface area contributed by atoms with Crippen LogP contribution in [-0.2, 0) is 28.7 Å². The van der Waals surface area contributed by atoms with Crippen LogP contribution in [0, 0.1) is 0 Å². The maximum atomic E-state index is 12.0. The minimum absolute atomic E-state index is 0.816. The summed E-state index contributed by atoms with van der Waals surface area (Å²) in [6.07, 6.45) is -1.92. The third-order valence-electron chi connectivity index (χ3n) is 4.26. The summed E-state index contributed by atoms with van der Waals surface area (Å²) < 4.78 is 9.69. The third-order valence-corrected chi connectivity index (χ3v) is 4.26. The van der Waals surface area contributed by atoms with Gasteiger partial charge in [-0.25, -0.2) is 0 Å². The number of hydrogen-bond acceptors (Lipinski definition) is 10. The second-order valence-electron chi connectivity index (χ2n) is 5.78. The van der Waals surface area contributed by atoms with E-state index in [-0.39, 0.29) is 0 Å². The van der Waals surface area contributed by atoms with Crippen LogP contribution in [-0.4, -0.2) is 74.4 Å². The SMILES string of the molecule is CC(=O)OC[C@H]1OC(O)(C(C)=O)[C@H](N)[C@](O)(C(C)=O)[C@@]1(O)C(C)=O. The van der Waals surface area contributed by atoms with Gasteiger partial charge < -0.3 is 30.5 Å². The second-order valence-corrected chi connectivity index (χ2v) is 5.78. The van der Waals surface area contributed by atoms with Gasteiger partial charge in [0.05, 0.1) is 0 Å². The smallest absolute Gasteiger partial charge is 0.302 e. The third kappa shape index (κ3) is 2.66. The van der Waals surface area contributed by atoms with E-state index in [0.29, 0.717) is 0 Å². The molecule has 0 aromatic carbocycles. The Morgan fingerprint density at radius 3 is 1.75 bits per heavy atom. The molecule has 0 aliphatic carbocycles. The van der Waals surface area contributed by atoms with Gasteiger partial charge in [0.25, 0.3) is 0 Å². The fraction of sp³-hybridized carbons (Fsp3) is 0.714. The Morgan fingerprint density at radius 2 is 1.42 bits per heavy atom. The zero-order valence-corrected chi connectivity index (χ0v) is 13.7. The molecule has 136 valence electrons. The van der Waals surface area contributed by atoms with Gasteiger partial charge in [-0.3, -0.25) is 19.2 Å². The largest absolute Gasteiger partial charge is 0.463 e. The van der Waals surface area contributed by atoms with Gasteiger partial charge in [0.2, 0.25) is 5.79 Å². The van der Waals surface area contributed by atoms with Crippen molar-refractivity contribution in [2.45, 2.75) is 56.8 Å². The highest BCUT2D eigenvalue weighted by Gasteiger charge is 2.74. The highest BCUT2D eigenvalue weighted by Crippen LogP contribution is 2.43. The number of hydrogen-bond donors (Lipinski definition) is 4. The Balaban J connectivity index is 3.61. The second kappa shape index (κ2) is 6.30. The van der Waals surface area contributed by atoms with Gasteiger partial charge in [-0.05, 0) is 13.8 Å². The number of rotatable bonds is 5. The molecule has 0 aromatic rings. The Bertz CT molecular complexity index is 591. The van der Waals surface area contributed by atoms with Gasteiger partial charge in [-0.2, -0.15) is 0 Å². The van der Waals surface area contributed by atoms with Crippen LogP contribution in [0.5, 0.6) is 0 Å². The number of carbonyl (C=O) groups is 4. The molecule has 0 saturated carbocycles. The molecule has 24 heavy (non-hydrogen) atoms. The molecule has 0 amide bonds. The Hall–Kier alpha value is -1.72. The summed E-state index contributed by atoms with van der Waals surface area (Å²) in [5, 5.41) is 31.9. The van der Waals surface area contributed by atoms with E-state index in [4.69, 9.17) is 10.5 Å². The fourth-order valence-corrected chi connectivity index (χ4v) is 2.77. The molecular formula is C14H21NO9. The molecule has 1 unspecified atom stereocenters. The average Bonchev–Trinajstić information content (AvgIpc) is 2.46. The minimum atomic E-state index is -3.05. The van der Waals surface area contributed by atoms with E-state index < -0.39 is 59.1 Å². The lowest BCUT2D eigenvalue weighted by atomic mass is 9.65. The minimum Gasteiger partial charge on any atom is -0.463 e. The standard InChI is InChI=1S/C14H21NO9/c1-6(16)12(20)10(5-23-9(4)19)24-14(22,8(3)18)11(15)13(12,21)7(2)17/h10-11,20-22H,5,15H2,1-4H3/t10-,11-,12-,13-,14?/m1/s1. The van der Waals surface area contributed by atoms with E-state index in [1.54, 1.807) is 0 Å². The van der Waals surface area contributed by atoms with Crippen LogP contribution in [0.4, 0.5) is 0 Å². The molecule has 1 rings (SSSR count). The van der Waals surface area contributed by atoms with E-state index in [9.17, 15) is 34.5 Å². The number of ketones is 3. The van der Waals surface area contributed by atoms with Crippen LogP contribution in [0.1, 0.15) is 27.7 Å². The van der Waals surface area contributed by atoms with Crippen molar-refractivity contribution in [2.24, 2.45) is 5.73 Å². The molecule has 5 N–H and O–H groups in total. The zero-order valence-electron chi connectivity index (χ0n) is 13.7. The molecule has 1 fully saturated rings. The van der Waals surface area contributed by atoms with Gasteiger partial charge >= 0.3 is 5.97 Å². The van der Waals surface area contributed by atoms with Crippen LogP contribution < -0.4 is 5.73 Å². The summed E-state index contributed by atoms with van der Waals surface area (Å²) in [5.41, 5.74) is -0.364. The molecule has 10 nitrogen and oxygen atoms in total. The van der Waals surface area contributed by atoms with Crippen LogP contribution in [0.3, 0.4) is 0 Å². The summed E-state index contributed by atoms with van der Waals surface area (Å²) in [6.45, 7) is 2.76. The number of Topliss-reactive ketones (excluding diaryl/α,β-unsaturated/α-hetero) is 3. The van der Waals surface area contributed by atoms with Gasteiger partial charge in [-0.15, -0.1) is 0 Å². The Kier molecular flexibility index (Phi) is 5.33. The number of ether oxygens (including phenoxy) is 2. The molecule has 10 heteroatoms. The van der Waals surface area contributed by atoms with E-state index >= 15 is 0 Å². The van der Waals surface area contributed by atoms with Crippen molar-refractivity contribution in [2.75, 3.05) is 6.61 Å². The summed E-state index contributed by atoms with van der Waals surface area (Å²) in [7, 11) is 0. The highest BCUT2D eigenvalue weighted by atomic mass is 16.7. The summed E-state index contributed by atoms with van der Waals surface area (Å²) in [4.78, 5) is 46.8. The van der Waals surface area contributed by atoms with Crippen molar-refractivity contribution >= 4 is 23.3 Å². The number of aliphatic hydroxyl groups is 3. The summed E-state index contributed by atoms with van der Waals surface area (Å²) >= 11 is 0. The molecule has 0 bridgehead atoms. The first-order chi connectivity index (χ1) is 10.8. The van der Waals surface area contributed by atoms with Gasteiger partial charge in [-0.1, -0.05) is 0 Å². The van der Waals surface area contributed by atoms with Crippen LogP contribution in [0.15, 0.2) is 0 Å². The van der Waals surface area contributed by atoms with Crippen molar-refractivity contribution in [3.63, 3.8) is 0 Å². The van der Waals surface area contributed by atoms with Gasteiger partial charge in [0, 0.05) is 13.8 Å². The van der Waals surface area contributed by atoms with Crippen molar-refractivity contribution in [3.8, 4) is 0 Å². The molecule has 1 aliphatic rings. The van der Waals surface area contributed by atoms with Crippen molar-refractivity contribution < 1.29 is 44.0 Å². The molecule has 5 atom stereocenters.